The molecule has 6 heteroatoms. The minimum Gasteiger partial charge on any atom is -0.438 e. The maximum absolute atomic E-state index is 13.1. The van der Waals surface area contributed by atoms with Crippen LogP contribution in [0.15, 0.2) is 48.5 Å². The Hall–Kier alpha value is -2.73. The number of likely N-dealkylation sites (N-methyl/N-ethyl adjacent to an activating group) is 1. The van der Waals surface area contributed by atoms with Crippen molar-refractivity contribution < 1.29 is 9.13 Å². The fourth-order valence-corrected chi connectivity index (χ4v) is 2.88. The average molecular weight is 338 g/mol. The second-order valence-electron chi connectivity index (χ2n) is 6.19. The molecule has 5 nitrogen and oxygen atoms in total. The standard InChI is InChI=1S/C19H19FN4O/c1-23-10-12-24(13-11-23)19-21-17-5-3-2-4-16(17)18(22-19)25-15-8-6-14(20)7-9-15/h2-9H,10-13H2,1H3. The van der Waals surface area contributed by atoms with Crippen LogP contribution in [-0.4, -0.2) is 48.1 Å². The third kappa shape index (κ3) is 3.39. The zero-order chi connectivity index (χ0) is 17.2. The van der Waals surface area contributed by atoms with Crippen LogP contribution >= 0.6 is 0 Å². The predicted molar refractivity (Wildman–Crippen MR) is 95.7 cm³/mol. The molecule has 0 atom stereocenters. The van der Waals surface area contributed by atoms with Gasteiger partial charge in [0, 0.05) is 26.2 Å². The lowest BCUT2D eigenvalue weighted by molar-refractivity contribution is 0.311. The molecule has 0 amide bonds. The Morgan fingerprint density at radius 1 is 0.920 bits per heavy atom. The van der Waals surface area contributed by atoms with Crippen LogP contribution in [0, 0.1) is 5.82 Å². The number of anilines is 1. The second kappa shape index (κ2) is 6.64. The number of aromatic nitrogens is 2. The molecule has 1 aliphatic rings. The lowest BCUT2D eigenvalue weighted by Gasteiger charge is -2.32. The van der Waals surface area contributed by atoms with E-state index in [-0.39, 0.29) is 5.82 Å². The number of ether oxygens (including phenoxy) is 1. The van der Waals surface area contributed by atoms with Crippen LogP contribution in [0.5, 0.6) is 11.6 Å². The largest absolute Gasteiger partial charge is 0.438 e. The lowest BCUT2D eigenvalue weighted by atomic mass is 10.2. The van der Waals surface area contributed by atoms with Gasteiger partial charge in [0.15, 0.2) is 0 Å². The fourth-order valence-electron chi connectivity index (χ4n) is 2.88. The molecule has 1 saturated heterocycles. The van der Waals surface area contributed by atoms with Gasteiger partial charge in [-0.05, 0) is 43.4 Å². The van der Waals surface area contributed by atoms with Crippen molar-refractivity contribution in [2.24, 2.45) is 0 Å². The Balaban J connectivity index is 1.72. The molecule has 128 valence electrons. The van der Waals surface area contributed by atoms with Gasteiger partial charge in [0.2, 0.25) is 11.8 Å². The van der Waals surface area contributed by atoms with Crippen LogP contribution in [0.2, 0.25) is 0 Å². The number of piperazine rings is 1. The third-order valence-corrected chi connectivity index (χ3v) is 4.37. The van der Waals surface area contributed by atoms with Gasteiger partial charge in [-0.1, -0.05) is 12.1 Å². The van der Waals surface area contributed by atoms with E-state index in [1.165, 1.54) is 12.1 Å². The van der Waals surface area contributed by atoms with Crippen molar-refractivity contribution >= 4 is 16.9 Å². The molecule has 0 unspecified atom stereocenters. The number of benzene rings is 2. The summed E-state index contributed by atoms with van der Waals surface area (Å²) in [4.78, 5) is 13.8. The maximum atomic E-state index is 13.1. The first kappa shape index (κ1) is 15.8. The zero-order valence-electron chi connectivity index (χ0n) is 14.0. The van der Waals surface area contributed by atoms with Gasteiger partial charge in [0.1, 0.15) is 11.6 Å². The molecule has 4 rings (SSSR count). The van der Waals surface area contributed by atoms with Gasteiger partial charge >= 0.3 is 0 Å². The van der Waals surface area contributed by atoms with Crippen molar-refractivity contribution in [1.29, 1.82) is 0 Å². The van der Waals surface area contributed by atoms with Gasteiger partial charge in [0.25, 0.3) is 0 Å². The molecule has 1 aromatic heterocycles. The lowest BCUT2D eigenvalue weighted by Crippen LogP contribution is -2.45. The Morgan fingerprint density at radius 2 is 1.64 bits per heavy atom. The highest BCUT2D eigenvalue weighted by atomic mass is 19.1. The molecular weight excluding hydrogens is 319 g/mol. The summed E-state index contributed by atoms with van der Waals surface area (Å²) in [6.45, 7) is 3.71. The van der Waals surface area contributed by atoms with Crippen molar-refractivity contribution in [2.75, 3.05) is 38.1 Å². The first-order valence-corrected chi connectivity index (χ1v) is 8.33. The Kier molecular flexibility index (Phi) is 4.19. The van der Waals surface area contributed by atoms with Crippen molar-refractivity contribution in [3.05, 3.63) is 54.3 Å². The Morgan fingerprint density at radius 3 is 2.40 bits per heavy atom. The molecule has 0 bridgehead atoms. The summed E-state index contributed by atoms with van der Waals surface area (Å²) in [6.07, 6.45) is 0. The van der Waals surface area contributed by atoms with E-state index in [4.69, 9.17) is 9.72 Å². The second-order valence-corrected chi connectivity index (χ2v) is 6.19. The first-order valence-electron chi connectivity index (χ1n) is 8.33. The van der Waals surface area contributed by atoms with Crippen molar-refractivity contribution in [3.8, 4) is 11.6 Å². The van der Waals surface area contributed by atoms with E-state index in [9.17, 15) is 4.39 Å². The third-order valence-electron chi connectivity index (χ3n) is 4.37. The summed E-state index contributed by atoms with van der Waals surface area (Å²) in [5.41, 5.74) is 0.837. The van der Waals surface area contributed by atoms with Gasteiger partial charge in [-0.3, -0.25) is 0 Å². The van der Waals surface area contributed by atoms with Crippen molar-refractivity contribution in [1.82, 2.24) is 14.9 Å². The van der Waals surface area contributed by atoms with E-state index in [0.29, 0.717) is 17.6 Å². The summed E-state index contributed by atoms with van der Waals surface area (Å²) in [5.74, 6) is 1.42. The first-order chi connectivity index (χ1) is 12.2. The molecule has 3 aromatic rings. The molecule has 1 aliphatic heterocycles. The minimum atomic E-state index is -0.293. The summed E-state index contributed by atoms with van der Waals surface area (Å²) >= 11 is 0. The van der Waals surface area contributed by atoms with E-state index in [1.807, 2.05) is 24.3 Å². The topological polar surface area (TPSA) is 41.5 Å². The quantitative estimate of drug-likeness (QED) is 0.733. The summed E-state index contributed by atoms with van der Waals surface area (Å²) in [5, 5.41) is 0.838. The molecular formula is C19H19FN4O. The van der Waals surface area contributed by atoms with Crippen molar-refractivity contribution in [3.63, 3.8) is 0 Å². The van der Waals surface area contributed by atoms with Gasteiger partial charge < -0.3 is 14.5 Å². The molecule has 0 spiro atoms. The van der Waals surface area contributed by atoms with Gasteiger partial charge in [-0.15, -0.1) is 0 Å². The van der Waals surface area contributed by atoms with E-state index in [0.717, 1.165) is 37.1 Å². The van der Waals surface area contributed by atoms with E-state index < -0.39 is 0 Å². The van der Waals surface area contributed by atoms with Crippen LogP contribution in [0.4, 0.5) is 10.3 Å². The monoisotopic (exact) mass is 338 g/mol. The number of hydrogen-bond acceptors (Lipinski definition) is 5. The van der Waals surface area contributed by atoms with Crippen LogP contribution in [0.1, 0.15) is 0 Å². The van der Waals surface area contributed by atoms with Crippen LogP contribution in [0.3, 0.4) is 0 Å². The smallest absolute Gasteiger partial charge is 0.231 e. The Labute approximate surface area is 145 Å². The summed E-state index contributed by atoms with van der Waals surface area (Å²) in [7, 11) is 2.11. The number of nitrogens with zero attached hydrogens (tertiary/aromatic N) is 4. The average Bonchev–Trinajstić information content (AvgIpc) is 2.64. The van der Waals surface area contributed by atoms with E-state index in [2.05, 4.69) is 21.8 Å². The van der Waals surface area contributed by atoms with E-state index >= 15 is 0 Å². The van der Waals surface area contributed by atoms with Crippen LogP contribution in [0.25, 0.3) is 10.9 Å². The molecule has 0 aliphatic carbocycles. The number of rotatable bonds is 3. The maximum Gasteiger partial charge on any atom is 0.231 e. The SMILES string of the molecule is CN1CCN(c2nc(Oc3ccc(F)cc3)c3ccccc3n2)CC1. The Bertz CT molecular complexity index is 876. The molecule has 2 heterocycles. The molecule has 25 heavy (non-hydrogen) atoms. The van der Waals surface area contributed by atoms with Gasteiger partial charge in [-0.25, -0.2) is 9.37 Å². The van der Waals surface area contributed by atoms with E-state index in [1.54, 1.807) is 12.1 Å². The van der Waals surface area contributed by atoms with Crippen LogP contribution < -0.4 is 9.64 Å². The van der Waals surface area contributed by atoms with Crippen molar-refractivity contribution in [2.45, 2.75) is 0 Å². The number of hydrogen-bond donors (Lipinski definition) is 0. The fraction of sp³-hybridized carbons (Fsp3) is 0.263. The molecule has 0 radical (unpaired) electrons. The summed E-state index contributed by atoms with van der Waals surface area (Å²) < 4.78 is 19.1. The highest BCUT2D eigenvalue weighted by Gasteiger charge is 2.19. The highest BCUT2D eigenvalue weighted by Crippen LogP contribution is 2.29. The zero-order valence-corrected chi connectivity index (χ0v) is 14.0. The minimum absolute atomic E-state index is 0.293. The van der Waals surface area contributed by atoms with Gasteiger partial charge in [-0.2, -0.15) is 4.98 Å². The number of fused-ring (bicyclic) bond motifs is 1. The normalized spacial score (nSPS) is 15.5. The molecule has 1 fully saturated rings. The predicted octanol–water partition coefficient (Wildman–Crippen LogP) is 3.31. The summed E-state index contributed by atoms with van der Waals surface area (Å²) in [6, 6.07) is 13.7. The van der Waals surface area contributed by atoms with Gasteiger partial charge in [0.05, 0.1) is 10.9 Å². The highest BCUT2D eigenvalue weighted by molar-refractivity contribution is 5.84. The molecule has 0 saturated carbocycles. The number of para-hydroxylation sites is 1. The molecule has 0 N–H and O–H groups in total. The number of halogens is 1. The molecule has 2 aromatic carbocycles. The van der Waals surface area contributed by atoms with Crippen LogP contribution in [-0.2, 0) is 0 Å².